The van der Waals surface area contributed by atoms with Gasteiger partial charge in [-0.25, -0.2) is 0 Å². The summed E-state index contributed by atoms with van der Waals surface area (Å²) in [5.41, 5.74) is 1.27. The van der Waals surface area contributed by atoms with Crippen molar-refractivity contribution in [3.63, 3.8) is 0 Å². The van der Waals surface area contributed by atoms with Crippen LogP contribution in [-0.4, -0.2) is 0 Å². The van der Waals surface area contributed by atoms with Crippen molar-refractivity contribution in [1.82, 2.24) is 0 Å². The molecule has 0 spiro atoms. The Hall–Kier alpha value is 0.323. The van der Waals surface area contributed by atoms with Crippen molar-refractivity contribution < 1.29 is 36.5 Å². The summed E-state index contributed by atoms with van der Waals surface area (Å²) in [6.45, 7) is 2.05. The van der Waals surface area contributed by atoms with Crippen LogP contribution in [0.2, 0.25) is 0 Å². The van der Waals surface area contributed by atoms with Gasteiger partial charge in [-0.15, -0.1) is 0 Å². The summed E-state index contributed by atoms with van der Waals surface area (Å²) in [5, 5.41) is 0. The van der Waals surface area contributed by atoms with E-state index in [0.29, 0.717) is 0 Å². The van der Waals surface area contributed by atoms with E-state index in [0.717, 1.165) is 0 Å². The summed E-state index contributed by atoms with van der Waals surface area (Å²) in [7, 11) is 0. The van der Waals surface area contributed by atoms with E-state index >= 15 is 0 Å². The number of benzene rings is 1. The molecular weight excluding hydrogens is 229 g/mol. The molecule has 0 amide bonds. The second kappa shape index (κ2) is 6.44. The Morgan fingerprint density at radius 2 is 2.11 bits per heavy atom. The van der Waals surface area contributed by atoms with Gasteiger partial charge in [0.1, 0.15) is 0 Å². The van der Waals surface area contributed by atoms with E-state index in [9.17, 15) is 0 Å². The average Bonchev–Trinajstić information content (AvgIpc) is 1.69. The molecule has 2 heteroatoms. The molecule has 1 aromatic rings. The van der Waals surface area contributed by atoms with Gasteiger partial charge in [-0.05, 0) is 13.0 Å². The first-order chi connectivity index (χ1) is 3.39. The molecule has 0 unspecified atom stereocenters. The number of hydrogen-bond acceptors (Lipinski definition) is 0. The van der Waals surface area contributed by atoms with Crippen LogP contribution in [-0.2, 0) is 19.5 Å². The van der Waals surface area contributed by atoms with Crippen molar-refractivity contribution in [2.75, 3.05) is 0 Å². The Kier molecular flexibility index (Phi) is 8.62. The molecule has 0 bridgehead atoms. The minimum absolute atomic E-state index is 0. The van der Waals surface area contributed by atoms with Crippen LogP contribution in [0.25, 0.3) is 0 Å². The van der Waals surface area contributed by atoms with Crippen LogP contribution in [0.15, 0.2) is 24.3 Å². The number of hydrogen-bond donors (Lipinski definition) is 0. The van der Waals surface area contributed by atoms with Gasteiger partial charge in [0, 0.05) is 19.5 Å². The fraction of sp³-hybridized carbons (Fsp3) is 0.143. The van der Waals surface area contributed by atoms with Crippen LogP contribution in [0, 0.1) is 13.0 Å². The predicted octanol–water partition coefficient (Wildman–Crippen LogP) is -1.20. The number of aryl methyl sites for hydroxylation is 1. The van der Waals surface area contributed by atoms with Crippen LogP contribution < -0.4 is 17.0 Å². The molecule has 1 radical (unpaired) electrons. The fourth-order valence-corrected chi connectivity index (χ4v) is 0.483. The zero-order valence-electron chi connectivity index (χ0n) is 5.39. The van der Waals surface area contributed by atoms with Crippen LogP contribution in [0.1, 0.15) is 5.56 Å². The summed E-state index contributed by atoms with van der Waals surface area (Å²) >= 11 is 0. The summed E-state index contributed by atoms with van der Waals surface area (Å²) in [6, 6.07) is 10.8. The molecule has 0 aliphatic heterocycles. The van der Waals surface area contributed by atoms with Crippen molar-refractivity contribution in [3.05, 3.63) is 35.9 Å². The predicted molar refractivity (Wildman–Crippen MR) is 30.0 cm³/mol. The maximum absolute atomic E-state index is 2.96. The minimum Gasteiger partial charge on any atom is -1.00 e. The molecule has 0 atom stereocenters. The van der Waals surface area contributed by atoms with Gasteiger partial charge in [0.2, 0.25) is 0 Å². The quantitative estimate of drug-likeness (QED) is 0.496. The summed E-state index contributed by atoms with van der Waals surface area (Å²) in [4.78, 5) is 0. The molecule has 0 nitrogen and oxygen atoms in total. The first kappa shape index (κ1) is 12.0. The van der Waals surface area contributed by atoms with E-state index in [1.54, 1.807) is 0 Å². The molecule has 0 N–H and O–H groups in total. The van der Waals surface area contributed by atoms with Gasteiger partial charge >= 0.3 is 0 Å². The Bertz CT molecular complexity index is 139. The maximum Gasteiger partial charge on any atom is 0 e. The van der Waals surface area contributed by atoms with Crippen LogP contribution in [0.3, 0.4) is 0 Å². The van der Waals surface area contributed by atoms with Crippen LogP contribution in [0.5, 0.6) is 0 Å². The van der Waals surface area contributed by atoms with E-state index in [-0.39, 0.29) is 36.5 Å². The molecule has 0 saturated heterocycles. The maximum atomic E-state index is 2.96. The van der Waals surface area contributed by atoms with Gasteiger partial charge in [-0.2, -0.15) is 0 Å². The fourth-order valence-electron chi connectivity index (χ4n) is 0.483. The SMILES string of the molecule is Cc1c[c]ccc1.[Br-].[Zn]. The molecule has 0 aromatic heterocycles. The monoisotopic (exact) mass is 234 g/mol. The van der Waals surface area contributed by atoms with Gasteiger partial charge in [-0.3, -0.25) is 0 Å². The van der Waals surface area contributed by atoms with E-state index in [1.807, 2.05) is 18.2 Å². The molecule has 0 fully saturated rings. The van der Waals surface area contributed by atoms with Gasteiger partial charge in [0.25, 0.3) is 0 Å². The molecule has 0 heterocycles. The van der Waals surface area contributed by atoms with Gasteiger partial charge < -0.3 is 17.0 Å². The van der Waals surface area contributed by atoms with Crippen molar-refractivity contribution in [2.45, 2.75) is 6.92 Å². The Morgan fingerprint density at radius 1 is 1.44 bits per heavy atom. The number of rotatable bonds is 0. The smallest absolute Gasteiger partial charge is 0 e. The van der Waals surface area contributed by atoms with Crippen molar-refractivity contribution in [2.24, 2.45) is 0 Å². The third-order valence-electron chi connectivity index (χ3n) is 0.863. The molecular formula is C7H7BrZn-. The van der Waals surface area contributed by atoms with E-state index in [4.69, 9.17) is 0 Å². The standard InChI is InChI=1S/C7H7.BrH.Zn/c1-7-5-3-2-4-6-7;;/h2-3,5-6H,1H3;1H;/p-1. The van der Waals surface area contributed by atoms with E-state index < -0.39 is 0 Å². The molecule has 0 aliphatic rings. The number of halogens is 1. The first-order valence-corrected chi connectivity index (χ1v) is 2.32. The molecule has 9 heavy (non-hydrogen) atoms. The summed E-state index contributed by atoms with van der Waals surface area (Å²) in [6.07, 6.45) is 0. The van der Waals surface area contributed by atoms with Crippen molar-refractivity contribution >= 4 is 0 Å². The van der Waals surface area contributed by atoms with Crippen molar-refractivity contribution in [1.29, 1.82) is 0 Å². The Balaban J connectivity index is 0. The Labute approximate surface area is 79.2 Å². The van der Waals surface area contributed by atoms with Crippen LogP contribution in [0.4, 0.5) is 0 Å². The molecule has 1 rings (SSSR count). The second-order valence-corrected chi connectivity index (χ2v) is 1.58. The van der Waals surface area contributed by atoms with Gasteiger partial charge in [-0.1, -0.05) is 29.8 Å². The topological polar surface area (TPSA) is 0 Å². The van der Waals surface area contributed by atoms with Crippen LogP contribution >= 0.6 is 0 Å². The zero-order chi connectivity index (χ0) is 5.11. The minimum atomic E-state index is 0. The Morgan fingerprint density at radius 3 is 2.33 bits per heavy atom. The summed E-state index contributed by atoms with van der Waals surface area (Å²) < 4.78 is 0. The van der Waals surface area contributed by atoms with E-state index in [1.165, 1.54) is 5.56 Å². The summed E-state index contributed by atoms with van der Waals surface area (Å²) in [5.74, 6) is 0. The second-order valence-electron chi connectivity index (χ2n) is 1.58. The molecule has 0 saturated carbocycles. The third kappa shape index (κ3) is 4.80. The molecule has 45 valence electrons. The van der Waals surface area contributed by atoms with Crippen molar-refractivity contribution in [3.8, 4) is 0 Å². The zero-order valence-corrected chi connectivity index (χ0v) is 9.95. The third-order valence-corrected chi connectivity index (χ3v) is 0.863. The van der Waals surface area contributed by atoms with Gasteiger partial charge in [0.15, 0.2) is 0 Å². The normalized spacial score (nSPS) is 6.78. The van der Waals surface area contributed by atoms with E-state index in [2.05, 4.69) is 19.1 Å². The largest absolute Gasteiger partial charge is 1.00 e. The van der Waals surface area contributed by atoms with Gasteiger partial charge in [0.05, 0.1) is 0 Å². The average molecular weight is 236 g/mol. The molecule has 1 aromatic carbocycles. The molecule has 0 aliphatic carbocycles. The first-order valence-electron chi connectivity index (χ1n) is 2.32.